The fourth-order valence-corrected chi connectivity index (χ4v) is 0.905. The molecule has 1 aromatic rings. The SMILES string of the molecule is C[C@H](N)Cn1cc(C(F)(F)F)cn1. The Bertz CT molecular complexity index is 277. The van der Waals surface area contributed by atoms with E-state index in [9.17, 15) is 13.2 Å². The second kappa shape index (κ2) is 3.37. The molecular weight excluding hydrogens is 183 g/mol. The standard InChI is InChI=1S/C7H10F3N3/c1-5(11)3-13-4-6(2-12-13)7(8,9)10/h2,4-5H,3,11H2,1H3/t5-/m0/s1. The van der Waals surface area contributed by atoms with E-state index in [0.29, 0.717) is 0 Å². The minimum atomic E-state index is -4.32. The summed E-state index contributed by atoms with van der Waals surface area (Å²) >= 11 is 0. The predicted octanol–water partition coefficient (Wildman–Crippen LogP) is 1.25. The molecule has 0 aliphatic heterocycles. The quantitative estimate of drug-likeness (QED) is 0.768. The highest BCUT2D eigenvalue weighted by molar-refractivity contribution is 5.08. The van der Waals surface area contributed by atoms with E-state index >= 15 is 0 Å². The topological polar surface area (TPSA) is 43.8 Å². The zero-order valence-electron chi connectivity index (χ0n) is 7.04. The first-order valence-corrected chi connectivity index (χ1v) is 3.75. The number of halogens is 3. The van der Waals surface area contributed by atoms with Gasteiger partial charge in [-0.2, -0.15) is 18.3 Å². The summed E-state index contributed by atoms with van der Waals surface area (Å²) in [5.74, 6) is 0. The van der Waals surface area contributed by atoms with Gasteiger partial charge in [-0.1, -0.05) is 0 Å². The van der Waals surface area contributed by atoms with Crippen LogP contribution in [0.25, 0.3) is 0 Å². The first kappa shape index (κ1) is 10.0. The zero-order valence-corrected chi connectivity index (χ0v) is 7.04. The van der Waals surface area contributed by atoms with Crippen molar-refractivity contribution >= 4 is 0 Å². The van der Waals surface area contributed by atoms with Crippen LogP contribution in [0, 0.1) is 0 Å². The summed E-state index contributed by atoms with van der Waals surface area (Å²) < 4.78 is 37.4. The van der Waals surface area contributed by atoms with Crippen molar-refractivity contribution in [1.82, 2.24) is 9.78 Å². The lowest BCUT2D eigenvalue weighted by atomic mass is 10.3. The zero-order chi connectivity index (χ0) is 10.1. The van der Waals surface area contributed by atoms with E-state index in [0.717, 1.165) is 12.4 Å². The van der Waals surface area contributed by atoms with Crippen LogP contribution < -0.4 is 5.73 Å². The molecule has 2 N–H and O–H groups in total. The van der Waals surface area contributed by atoms with Crippen molar-refractivity contribution in [1.29, 1.82) is 0 Å². The second-order valence-electron chi connectivity index (χ2n) is 2.93. The van der Waals surface area contributed by atoms with Gasteiger partial charge in [0, 0.05) is 12.2 Å². The molecule has 1 heterocycles. The minimum Gasteiger partial charge on any atom is -0.326 e. The summed E-state index contributed by atoms with van der Waals surface area (Å²) in [4.78, 5) is 0. The molecule has 1 rings (SSSR count). The average molecular weight is 193 g/mol. The number of nitrogens with zero attached hydrogens (tertiary/aromatic N) is 2. The third kappa shape index (κ3) is 2.73. The van der Waals surface area contributed by atoms with Gasteiger partial charge in [0.05, 0.1) is 18.3 Å². The second-order valence-corrected chi connectivity index (χ2v) is 2.93. The molecule has 74 valence electrons. The molecule has 0 aliphatic carbocycles. The molecule has 0 saturated carbocycles. The van der Waals surface area contributed by atoms with Crippen molar-refractivity contribution in [2.75, 3.05) is 0 Å². The number of rotatable bonds is 2. The van der Waals surface area contributed by atoms with Gasteiger partial charge in [0.15, 0.2) is 0 Å². The molecule has 3 nitrogen and oxygen atoms in total. The van der Waals surface area contributed by atoms with Crippen LogP contribution in [0.4, 0.5) is 13.2 Å². The van der Waals surface area contributed by atoms with Crippen molar-refractivity contribution in [2.24, 2.45) is 5.73 Å². The largest absolute Gasteiger partial charge is 0.419 e. The lowest BCUT2D eigenvalue weighted by Crippen LogP contribution is -2.22. The van der Waals surface area contributed by atoms with E-state index in [2.05, 4.69) is 5.10 Å². The summed E-state index contributed by atoms with van der Waals surface area (Å²) in [5, 5.41) is 3.54. The first-order chi connectivity index (χ1) is 5.89. The van der Waals surface area contributed by atoms with Gasteiger partial charge < -0.3 is 5.73 Å². The predicted molar refractivity (Wildman–Crippen MR) is 40.9 cm³/mol. The molecule has 0 aromatic carbocycles. The number of nitrogens with two attached hydrogens (primary N) is 1. The molecule has 13 heavy (non-hydrogen) atoms. The molecule has 1 aromatic heterocycles. The van der Waals surface area contributed by atoms with Crippen LogP contribution in [0.2, 0.25) is 0 Å². The van der Waals surface area contributed by atoms with E-state index in [1.54, 1.807) is 6.92 Å². The molecule has 0 fully saturated rings. The Labute approximate surface area is 73.3 Å². The maximum Gasteiger partial charge on any atom is 0.419 e. The fourth-order valence-electron chi connectivity index (χ4n) is 0.905. The minimum absolute atomic E-state index is 0.207. The van der Waals surface area contributed by atoms with E-state index in [4.69, 9.17) is 5.73 Å². The fraction of sp³-hybridized carbons (Fsp3) is 0.571. The van der Waals surface area contributed by atoms with Crippen LogP contribution in [0.1, 0.15) is 12.5 Å². The lowest BCUT2D eigenvalue weighted by Gasteiger charge is -2.04. The summed E-state index contributed by atoms with van der Waals surface area (Å²) in [7, 11) is 0. The Balaban J connectivity index is 2.75. The number of hydrogen-bond acceptors (Lipinski definition) is 2. The highest BCUT2D eigenvalue weighted by Crippen LogP contribution is 2.28. The number of hydrogen-bond donors (Lipinski definition) is 1. The average Bonchev–Trinajstić information content (AvgIpc) is 2.32. The molecule has 0 amide bonds. The highest BCUT2D eigenvalue weighted by atomic mass is 19.4. The molecule has 0 radical (unpaired) electrons. The summed E-state index contributed by atoms with van der Waals surface area (Å²) in [6, 6.07) is -0.207. The summed E-state index contributed by atoms with van der Waals surface area (Å²) in [5.41, 5.74) is 4.66. The van der Waals surface area contributed by atoms with Crippen LogP contribution in [0.15, 0.2) is 12.4 Å². The Morgan fingerprint density at radius 1 is 1.62 bits per heavy atom. The van der Waals surface area contributed by atoms with Crippen LogP contribution >= 0.6 is 0 Å². The Morgan fingerprint density at radius 2 is 2.23 bits per heavy atom. The smallest absolute Gasteiger partial charge is 0.326 e. The van der Waals surface area contributed by atoms with Crippen LogP contribution in [-0.4, -0.2) is 15.8 Å². The normalized spacial score (nSPS) is 14.5. The van der Waals surface area contributed by atoms with E-state index in [-0.39, 0.29) is 12.6 Å². The third-order valence-electron chi connectivity index (χ3n) is 1.44. The van der Waals surface area contributed by atoms with E-state index in [1.165, 1.54) is 4.68 Å². The van der Waals surface area contributed by atoms with Crippen molar-refractivity contribution in [2.45, 2.75) is 25.7 Å². The van der Waals surface area contributed by atoms with Gasteiger partial charge in [0.1, 0.15) is 0 Å². The maximum atomic E-state index is 12.1. The monoisotopic (exact) mass is 193 g/mol. The highest BCUT2D eigenvalue weighted by Gasteiger charge is 2.32. The molecule has 0 aliphatic rings. The lowest BCUT2D eigenvalue weighted by molar-refractivity contribution is -0.137. The summed E-state index contributed by atoms with van der Waals surface area (Å²) in [6.45, 7) is 1.99. The van der Waals surface area contributed by atoms with Crippen LogP contribution in [0.5, 0.6) is 0 Å². The molecule has 0 saturated heterocycles. The van der Waals surface area contributed by atoms with Gasteiger partial charge in [-0.15, -0.1) is 0 Å². The number of aromatic nitrogens is 2. The van der Waals surface area contributed by atoms with Crippen molar-refractivity contribution in [3.05, 3.63) is 18.0 Å². The molecule has 6 heteroatoms. The maximum absolute atomic E-state index is 12.1. The van der Waals surface area contributed by atoms with Crippen LogP contribution in [0.3, 0.4) is 0 Å². The van der Waals surface area contributed by atoms with Gasteiger partial charge >= 0.3 is 6.18 Å². The molecule has 1 atom stereocenters. The van der Waals surface area contributed by atoms with Gasteiger partial charge in [-0.3, -0.25) is 4.68 Å². The van der Waals surface area contributed by atoms with Crippen LogP contribution in [-0.2, 0) is 12.7 Å². The van der Waals surface area contributed by atoms with Crippen molar-refractivity contribution < 1.29 is 13.2 Å². The Kier molecular flexibility index (Phi) is 2.60. The Morgan fingerprint density at radius 3 is 2.62 bits per heavy atom. The van der Waals surface area contributed by atoms with Gasteiger partial charge in [-0.25, -0.2) is 0 Å². The van der Waals surface area contributed by atoms with Crippen molar-refractivity contribution in [3.8, 4) is 0 Å². The van der Waals surface area contributed by atoms with Gasteiger partial charge in [-0.05, 0) is 6.92 Å². The van der Waals surface area contributed by atoms with Gasteiger partial charge in [0.25, 0.3) is 0 Å². The summed E-state index contributed by atoms with van der Waals surface area (Å²) in [6.07, 6.45) is -2.58. The Hall–Kier alpha value is -1.04. The molecule has 0 unspecified atom stereocenters. The molecular formula is C7H10F3N3. The van der Waals surface area contributed by atoms with E-state index in [1.807, 2.05) is 0 Å². The molecule has 0 bridgehead atoms. The number of alkyl halides is 3. The third-order valence-corrected chi connectivity index (χ3v) is 1.44. The van der Waals surface area contributed by atoms with E-state index < -0.39 is 11.7 Å². The van der Waals surface area contributed by atoms with Gasteiger partial charge in [0.2, 0.25) is 0 Å². The first-order valence-electron chi connectivity index (χ1n) is 3.75. The van der Waals surface area contributed by atoms with Crippen molar-refractivity contribution in [3.63, 3.8) is 0 Å². The molecule has 0 spiro atoms.